The SMILES string of the molecule is Nc1cc(C(F)(F)F)cc(C(F)F)c1Cl. The molecule has 0 spiro atoms. The van der Waals surface area contributed by atoms with Crippen molar-refractivity contribution >= 4 is 17.3 Å². The monoisotopic (exact) mass is 245 g/mol. The largest absolute Gasteiger partial charge is 0.416 e. The molecule has 0 unspecified atom stereocenters. The smallest absolute Gasteiger partial charge is 0.397 e. The number of halogens is 6. The second-order valence-electron chi connectivity index (χ2n) is 2.77. The van der Waals surface area contributed by atoms with E-state index in [9.17, 15) is 22.0 Å². The van der Waals surface area contributed by atoms with E-state index in [2.05, 4.69) is 0 Å². The van der Waals surface area contributed by atoms with Gasteiger partial charge in [0, 0.05) is 5.56 Å². The van der Waals surface area contributed by atoms with E-state index >= 15 is 0 Å². The highest BCUT2D eigenvalue weighted by Gasteiger charge is 2.32. The minimum absolute atomic E-state index is 0.295. The Morgan fingerprint density at radius 1 is 1.20 bits per heavy atom. The van der Waals surface area contributed by atoms with Crippen LogP contribution >= 0.6 is 11.6 Å². The van der Waals surface area contributed by atoms with Gasteiger partial charge in [-0.2, -0.15) is 13.2 Å². The van der Waals surface area contributed by atoms with E-state index in [0.29, 0.717) is 12.1 Å². The molecular weight excluding hydrogens is 241 g/mol. The van der Waals surface area contributed by atoms with E-state index in [1.807, 2.05) is 0 Å². The maximum atomic E-state index is 12.3. The van der Waals surface area contributed by atoms with Crippen LogP contribution in [0.1, 0.15) is 17.6 Å². The van der Waals surface area contributed by atoms with Gasteiger partial charge in [-0.15, -0.1) is 0 Å². The summed E-state index contributed by atoms with van der Waals surface area (Å²) in [6.07, 6.45) is -7.82. The highest BCUT2D eigenvalue weighted by Crippen LogP contribution is 2.38. The van der Waals surface area contributed by atoms with Crippen molar-refractivity contribution in [3.8, 4) is 0 Å². The van der Waals surface area contributed by atoms with Gasteiger partial charge in [0.15, 0.2) is 0 Å². The summed E-state index contributed by atoms with van der Waals surface area (Å²) in [5, 5.41) is -0.544. The summed E-state index contributed by atoms with van der Waals surface area (Å²) in [6.45, 7) is 0. The number of hydrogen-bond acceptors (Lipinski definition) is 1. The Balaban J connectivity index is 3.36. The first kappa shape index (κ1) is 12.0. The second kappa shape index (κ2) is 3.84. The van der Waals surface area contributed by atoms with Gasteiger partial charge in [-0.25, -0.2) is 8.78 Å². The predicted octanol–water partition coefficient (Wildman–Crippen LogP) is 3.88. The van der Waals surface area contributed by atoms with Crippen LogP contribution in [0.25, 0.3) is 0 Å². The lowest BCUT2D eigenvalue weighted by molar-refractivity contribution is -0.137. The molecule has 15 heavy (non-hydrogen) atoms. The fourth-order valence-corrected chi connectivity index (χ4v) is 1.18. The van der Waals surface area contributed by atoms with Gasteiger partial charge in [-0.1, -0.05) is 11.6 Å². The molecule has 7 heteroatoms. The third kappa shape index (κ3) is 2.50. The molecular formula is C8H5ClF5N. The van der Waals surface area contributed by atoms with E-state index in [-0.39, 0.29) is 0 Å². The van der Waals surface area contributed by atoms with Gasteiger partial charge in [0.1, 0.15) is 0 Å². The molecule has 1 nitrogen and oxygen atoms in total. The number of nitrogen functional groups attached to an aromatic ring is 1. The molecule has 0 bridgehead atoms. The summed E-state index contributed by atoms with van der Waals surface area (Å²) in [6, 6.07) is 0.817. The number of hydrogen-bond donors (Lipinski definition) is 1. The highest BCUT2D eigenvalue weighted by atomic mass is 35.5. The fraction of sp³-hybridized carbons (Fsp3) is 0.250. The lowest BCUT2D eigenvalue weighted by atomic mass is 10.1. The normalized spacial score (nSPS) is 12.2. The van der Waals surface area contributed by atoms with Crippen LogP contribution in [-0.4, -0.2) is 0 Å². The Morgan fingerprint density at radius 3 is 2.13 bits per heavy atom. The first-order valence-corrected chi connectivity index (χ1v) is 4.05. The Labute approximate surface area is 86.6 Å². The number of rotatable bonds is 1. The molecule has 0 aromatic heterocycles. The van der Waals surface area contributed by atoms with Gasteiger partial charge in [-0.05, 0) is 12.1 Å². The van der Waals surface area contributed by atoms with E-state index in [1.54, 1.807) is 0 Å². The summed E-state index contributed by atoms with van der Waals surface area (Å²) >= 11 is 5.34. The Bertz CT molecular complexity index is 374. The van der Waals surface area contributed by atoms with Crippen molar-refractivity contribution in [3.05, 3.63) is 28.3 Å². The minimum Gasteiger partial charge on any atom is -0.397 e. The topological polar surface area (TPSA) is 26.0 Å². The zero-order valence-electron chi connectivity index (χ0n) is 7.08. The molecule has 0 aliphatic carbocycles. The van der Waals surface area contributed by atoms with E-state index in [1.165, 1.54) is 0 Å². The van der Waals surface area contributed by atoms with Crippen LogP contribution in [0.3, 0.4) is 0 Å². The molecule has 1 aromatic rings. The molecule has 0 heterocycles. The number of nitrogens with two attached hydrogens (primary N) is 1. The van der Waals surface area contributed by atoms with Crippen LogP contribution in [0.15, 0.2) is 12.1 Å². The summed E-state index contributed by atoms with van der Waals surface area (Å²) < 4.78 is 61.1. The summed E-state index contributed by atoms with van der Waals surface area (Å²) in [4.78, 5) is 0. The molecule has 1 rings (SSSR count). The Kier molecular flexibility index (Phi) is 3.08. The third-order valence-electron chi connectivity index (χ3n) is 1.69. The Morgan fingerprint density at radius 2 is 1.73 bits per heavy atom. The van der Waals surface area contributed by atoms with Crippen LogP contribution in [0, 0.1) is 0 Å². The van der Waals surface area contributed by atoms with E-state index in [4.69, 9.17) is 17.3 Å². The van der Waals surface area contributed by atoms with Crippen molar-refractivity contribution < 1.29 is 22.0 Å². The minimum atomic E-state index is -4.72. The lowest BCUT2D eigenvalue weighted by Gasteiger charge is -2.12. The first-order chi connectivity index (χ1) is 6.73. The molecule has 0 aliphatic heterocycles. The lowest BCUT2D eigenvalue weighted by Crippen LogP contribution is -2.07. The molecule has 0 atom stereocenters. The molecule has 2 N–H and O–H groups in total. The van der Waals surface area contributed by atoms with Crippen LogP contribution < -0.4 is 5.73 Å². The molecule has 84 valence electrons. The molecule has 0 saturated heterocycles. The maximum Gasteiger partial charge on any atom is 0.416 e. The molecule has 0 aliphatic rings. The zero-order valence-corrected chi connectivity index (χ0v) is 7.83. The van der Waals surface area contributed by atoms with Crippen LogP contribution in [0.5, 0.6) is 0 Å². The van der Waals surface area contributed by atoms with Crippen molar-refractivity contribution in [1.82, 2.24) is 0 Å². The average molecular weight is 246 g/mol. The van der Waals surface area contributed by atoms with Crippen molar-refractivity contribution in [2.45, 2.75) is 12.6 Å². The highest BCUT2D eigenvalue weighted by molar-refractivity contribution is 6.33. The molecule has 0 saturated carbocycles. The van der Waals surface area contributed by atoms with Gasteiger partial charge in [-0.3, -0.25) is 0 Å². The Hall–Kier alpha value is -1.04. The number of anilines is 1. The van der Waals surface area contributed by atoms with Gasteiger partial charge < -0.3 is 5.73 Å². The molecule has 1 aromatic carbocycles. The zero-order chi connectivity index (χ0) is 11.8. The number of benzene rings is 1. The van der Waals surface area contributed by atoms with Gasteiger partial charge in [0.05, 0.1) is 16.3 Å². The molecule has 0 fully saturated rings. The average Bonchev–Trinajstić information content (AvgIpc) is 2.06. The van der Waals surface area contributed by atoms with Gasteiger partial charge >= 0.3 is 6.18 Å². The predicted molar refractivity (Wildman–Crippen MR) is 45.8 cm³/mol. The van der Waals surface area contributed by atoms with Crippen LogP contribution in [0.4, 0.5) is 27.6 Å². The summed E-state index contributed by atoms with van der Waals surface area (Å²) in [7, 11) is 0. The van der Waals surface area contributed by atoms with E-state index < -0.39 is 34.4 Å². The van der Waals surface area contributed by atoms with Crippen molar-refractivity contribution in [3.63, 3.8) is 0 Å². The van der Waals surface area contributed by atoms with Crippen LogP contribution in [0.2, 0.25) is 5.02 Å². The van der Waals surface area contributed by atoms with Crippen LogP contribution in [-0.2, 0) is 6.18 Å². The standard InChI is InChI=1S/C8H5ClF5N/c9-6-4(7(10)11)1-3(2-5(6)15)8(12,13)14/h1-2,7H,15H2. The van der Waals surface area contributed by atoms with E-state index in [0.717, 1.165) is 0 Å². The number of alkyl halides is 5. The second-order valence-corrected chi connectivity index (χ2v) is 3.15. The molecule has 0 radical (unpaired) electrons. The van der Waals surface area contributed by atoms with Crippen molar-refractivity contribution in [2.24, 2.45) is 0 Å². The fourth-order valence-electron chi connectivity index (χ4n) is 0.993. The van der Waals surface area contributed by atoms with Crippen molar-refractivity contribution in [1.29, 1.82) is 0 Å². The van der Waals surface area contributed by atoms with Crippen molar-refractivity contribution in [2.75, 3.05) is 5.73 Å². The third-order valence-corrected chi connectivity index (χ3v) is 2.13. The quantitative estimate of drug-likeness (QED) is 0.590. The maximum absolute atomic E-state index is 12.3. The molecule has 0 amide bonds. The van der Waals surface area contributed by atoms with Gasteiger partial charge in [0.25, 0.3) is 6.43 Å². The van der Waals surface area contributed by atoms with Gasteiger partial charge in [0.2, 0.25) is 0 Å². The summed E-state index contributed by atoms with van der Waals surface area (Å²) in [5.74, 6) is 0. The first-order valence-electron chi connectivity index (χ1n) is 3.67. The summed E-state index contributed by atoms with van der Waals surface area (Å²) in [5.41, 5.74) is 2.43.